The summed E-state index contributed by atoms with van der Waals surface area (Å²) in [5, 5.41) is 5.48. The number of hydrogen-bond donors (Lipinski definition) is 1. The summed E-state index contributed by atoms with van der Waals surface area (Å²) in [6.07, 6.45) is 1.48. The fourth-order valence-electron chi connectivity index (χ4n) is 2.95. The number of nitrogens with zero attached hydrogens (tertiary/aromatic N) is 4. The van der Waals surface area contributed by atoms with Crippen LogP contribution in [-0.2, 0) is 25.3 Å². The van der Waals surface area contributed by atoms with E-state index in [4.69, 9.17) is 4.42 Å². The monoisotopic (exact) mass is 411 g/mol. The number of furan rings is 1. The Balaban J connectivity index is 1.54. The molecule has 0 unspecified atom stereocenters. The van der Waals surface area contributed by atoms with Gasteiger partial charge in [0, 0.05) is 19.5 Å². The number of anilines is 1. The van der Waals surface area contributed by atoms with E-state index in [0.717, 1.165) is 10.3 Å². The molecule has 9 nitrogen and oxygen atoms in total. The average Bonchev–Trinajstić information content (AvgIpc) is 3.33. The minimum absolute atomic E-state index is 0.0690. The fraction of sp³-hybridized carbons (Fsp3) is 0.211. The van der Waals surface area contributed by atoms with Crippen molar-refractivity contribution in [1.29, 1.82) is 0 Å². The Morgan fingerprint density at radius 3 is 2.76 bits per heavy atom. The van der Waals surface area contributed by atoms with Crippen LogP contribution < -0.4 is 16.6 Å². The number of aryl methyl sites for hydroxylation is 2. The van der Waals surface area contributed by atoms with Crippen LogP contribution in [0.2, 0.25) is 0 Å². The molecule has 0 saturated carbocycles. The predicted octanol–water partition coefficient (Wildman–Crippen LogP) is 1.84. The van der Waals surface area contributed by atoms with Crippen LogP contribution in [0.5, 0.6) is 0 Å². The van der Waals surface area contributed by atoms with E-state index in [9.17, 15) is 14.4 Å². The summed E-state index contributed by atoms with van der Waals surface area (Å²) in [4.78, 5) is 45.3. The summed E-state index contributed by atoms with van der Waals surface area (Å²) in [7, 11) is 2.94. The largest absolute Gasteiger partial charge is 0.459 e. The van der Waals surface area contributed by atoms with E-state index < -0.39 is 11.2 Å². The predicted molar refractivity (Wildman–Crippen MR) is 109 cm³/mol. The molecule has 4 aromatic rings. The number of amides is 1. The zero-order valence-electron chi connectivity index (χ0n) is 15.9. The highest BCUT2D eigenvalue weighted by Gasteiger charge is 2.14. The number of hydrogen-bond acceptors (Lipinski definition) is 7. The molecule has 0 aliphatic heterocycles. The molecule has 1 amide bonds. The Morgan fingerprint density at radius 1 is 1.24 bits per heavy atom. The van der Waals surface area contributed by atoms with E-state index >= 15 is 0 Å². The summed E-state index contributed by atoms with van der Waals surface area (Å²) in [5.41, 5.74) is 0.315. The van der Waals surface area contributed by atoms with Crippen LogP contribution in [0.25, 0.3) is 21.8 Å². The minimum Gasteiger partial charge on any atom is -0.459 e. The molecular formula is C19H17N5O4S. The van der Waals surface area contributed by atoms with E-state index in [1.54, 1.807) is 5.38 Å². The fourth-order valence-corrected chi connectivity index (χ4v) is 3.73. The van der Waals surface area contributed by atoms with E-state index in [1.807, 2.05) is 19.1 Å². The maximum atomic E-state index is 12.4. The third kappa shape index (κ3) is 3.49. The number of carbonyl (C=O) groups is 1. The van der Waals surface area contributed by atoms with E-state index in [-0.39, 0.29) is 23.4 Å². The molecule has 29 heavy (non-hydrogen) atoms. The standard InChI is InChI=1S/C19H17N5O4S/c1-10-4-5-14(28-10)17-22-12(9-29-17)7-15(25)21-11-6-13-16(20-8-11)23(2)19(27)24(3)18(13)26/h4-6,8-9H,7H2,1-3H3,(H,21,25). The maximum Gasteiger partial charge on any atom is 0.332 e. The van der Waals surface area contributed by atoms with Crippen molar-refractivity contribution in [3.05, 3.63) is 62.1 Å². The van der Waals surface area contributed by atoms with Crippen LogP contribution >= 0.6 is 11.3 Å². The summed E-state index contributed by atoms with van der Waals surface area (Å²) in [5.74, 6) is 1.17. The lowest BCUT2D eigenvalue weighted by Crippen LogP contribution is -2.37. The Hall–Kier alpha value is -3.53. The van der Waals surface area contributed by atoms with Gasteiger partial charge in [-0.3, -0.25) is 18.7 Å². The van der Waals surface area contributed by atoms with Gasteiger partial charge in [-0.2, -0.15) is 0 Å². The van der Waals surface area contributed by atoms with Crippen molar-refractivity contribution in [2.24, 2.45) is 14.1 Å². The summed E-state index contributed by atoms with van der Waals surface area (Å²) in [6.45, 7) is 1.86. The molecule has 1 N–H and O–H groups in total. The lowest BCUT2D eigenvalue weighted by molar-refractivity contribution is -0.115. The molecular weight excluding hydrogens is 394 g/mol. The van der Waals surface area contributed by atoms with E-state index in [2.05, 4.69) is 15.3 Å². The van der Waals surface area contributed by atoms with Gasteiger partial charge in [-0.25, -0.2) is 14.8 Å². The number of fused-ring (bicyclic) bond motifs is 1. The van der Waals surface area contributed by atoms with Crippen molar-refractivity contribution < 1.29 is 9.21 Å². The van der Waals surface area contributed by atoms with Crippen molar-refractivity contribution in [1.82, 2.24) is 19.1 Å². The smallest absolute Gasteiger partial charge is 0.332 e. The van der Waals surface area contributed by atoms with E-state index in [1.165, 1.54) is 42.3 Å². The van der Waals surface area contributed by atoms with Crippen LogP contribution in [0.4, 0.5) is 5.69 Å². The second-order valence-corrected chi connectivity index (χ2v) is 7.44. The highest BCUT2D eigenvalue weighted by molar-refractivity contribution is 7.13. The Bertz CT molecular complexity index is 1360. The van der Waals surface area contributed by atoms with Gasteiger partial charge < -0.3 is 9.73 Å². The summed E-state index contributed by atoms with van der Waals surface area (Å²) < 4.78 is 7.84. The number of thiazole rings is 1. The van der Waals surface area contributed by atoms with Crippen molar-refractivity contribution >= 4 is 34.0 Å². The van der Waals surface area contributed by atoms with Gasteiger partial charge >= 0.3 is 5.69 Å². The van der Waals surface area contributed by atoms with Crippen molar-refractivity contribution in [3.63, 3.8) is 0 Å². The number of pyridine rings is 1. The molecule has 0 radical (unpaired) electrons. The van der Waals surface area contributed by atoms with Crippen LogP contribution in [0.1, 0.15) is 11.5 Å². The number of nitrogens with one attached hydrogen (secondary N) is 1. The normalized spacial score (nSPS) is 11.1. The Morgan fingerprint density at radius 2 is 2.03 bits per heavy atom. The molecule has 0 saturated heterocycles. The molecule has 10 heteroatoms. The first-order chi connectivity index (χ1) is 13.8. The third-order valence-electron chi connectivity index (χ3n) is 4.42. The molecule has 4 heterocycles. The van der Waals surface area contributed by atoms with Gasteiger partial charge in [0.2, 0.25) is 5.91 Å². The second kappa shape index (κ2) is 7.13. The highest BCUT2D eigenvalue weighted by Crippen LogP contribution is 2.25. The van der Waals surface area contributed by atoms with Gasteiger partial charge in [0.1, 0.15) is 11.4 Å². The SMILES string of the molecule is Cc1ccc(-c2nc(CC(=O)Nc3cnc4c(c3)c(=O)n(C)c(=O)n4C)cs2)o1. The lowest BCUT2D eigenvalue weighted by atomic mass is 10.2. The van der Waals surface area contributed by atoms with Crippen molar-refractivity contribution in [2.75, 3.05) is 5.32 Å². The molecule has 148 valence electrons. The quantitative estimate of drug-likeness (QED) is 0.548. The molecule has 0 bridgehead atoms. The topological polar surface area (TPSA) is 112 Å². The highest BCUT2D eigenvalue weighted by atomic mass is 32.1. The van der Waals surface area contributed by atoms with Gasteiger partial charge in [0.15, 0.2) is 10.8 Å². The maximum absolute atomic E-state index is 12.4. The van der Waals surface area contributed by atoms with Crippen LogP contribution in [-0.4, -0.2) is 25.0 Å². The van der Waals surface area contributed by atoms with Crippen molar-refractivity contribution in [3.8, 4) is 10.8 Å². The molecule has 0 aliphatic carbocycles. The number of rotatable bonds is 4. The van der Waals surface area contributed by atoms with Gasteiger partial charge in [-0.05, 0) is 25.1 Å². The average molecular weight is 411 g/mol. The minimum atomic E-state index is -0.468. The van der Waals surface area contributed by atoms with Crippen LogP contribution in [0, 0.1) is 6.92 Å². The molecule has 4 aromatic heterocycles. The lowest BCUT2D eigenvalue weighted by Gasteiger charge is -2.08. The van der Waals surface area contributed by atoms with Crippen LogP contribution in [0.15, 0.2) is 43.8 Å². The molecule has 0 aromatic carbocycles. The molecule has 0 atom stereocenters. The van der Waals surface area contributed by atoms with Crippen molar-refractivity contribution in [2.45, 2.75) is 13.3 Å². The van der Waals surface area contributed by atoms with Gasteiger partial charge in [-0.15, -0.1) is 11.3 Å². The van der Waals surface area contributed by atoms with E-state index in [0.29, 0.717) is 22.1 Å². The van der Waals surface area contributed by atoms with Gasteiger partial charge in [-0.1, -0.05) is 0 Å². The first-order valence-corrected chi connectivity index (χ1v) is 9.58. The number of aromatic nitrogens is 4. The third-order valence-corrected chi connectivity index (χ3v) is 5.33. The number of carbonyl (C=O) groups excluding carboxylic acids is 1. The Labute approximate surface area is 168 Å². The first-order valence-electron chi connectivity index (χ1n) is 8.70. The zero-order valence-corrected chi connectivity index (χ0v) is 16.7. The molecule has 0 aliphatic rings. The molecule has 4 rings (SSSR count). The Kier molecular flexibility index (Phi) is 4.63. The zero-order chi connectivity index (χ0) is 20.7. The molecule has 0 spiro atoms. The van der Waals surface area contributed by atoms with Crippen LogP contribution in [0.3, 0.4) is 0 Å². The van der Waals surface area contributed by atoms with Gasteiger partial charge in [0.05, 0.1) is 29.4 Å². The summed E-state index contributed by atoms with van der Waals surface area (Å²) >= 11 is 1.40. The van der Waals surface area contributed by atoms with Gasteiger partial charge in [0.25, 0.3) is 5.56 Å². The molecule has 0 fully saturated rings. The second-order valence-electron chi connectivity index (χ2n) is 6.58. The summed E-state index contributed by atoms with van der Waals surface area (Å²) in [6, 6.07) is 5.21. The first kappa shape index (κ1) is 18.8.